The monoisotopic (exact) mass is 434 g/mol. The van der Waals surface area contributed by atoms with Gasteiger partial charge in [-0.15, -0.1) is 0 Å². The fraction of sp³-hybridized carbons (Fsp3) is 0.263. The summed E-state index contributed by atoms with van der Waals surface area (Å²) in [6.45, 7) is 3.07. The SMILES string of the molecule is Cc1ccc(CN2CC(C(=O)Nc3ccccc3I)CC2=O)cc1. The van der Waals surface area contributed by atoms with E-state index in [-0.39, 0.29) is 24.2 Å². The van der Waals surface area contributed by atoms with Gasteiger partial charge >= 0.3 is 0 Å². The molecule has 0 saturated carbocycles. The lowest BCUT2D eigenvalue weighted by molar-refractivity contribution is -0.128. The quantitative estimate of drug-likeness (QED) is 0.748. The Labute approximate surface area is 155 Å². The number of hydrogen-bond donors (Lipinski definition) is 1. The van der Waals surface area contributed by atoms with Crippen LogP contribution in [0.3, 0.4) is 0 Å². The minimum atomic E-state index is -0.293. The maximum Gasteiger partial charge on any atom is 0.229 e. The lowest BCUT2D eigenvalue weighted by atomic mass is 10.1. The van der Waals surface area contributed by atoms with E-state index < -0.39 is 0 Å². The number of carbonyl (C=O) groups excluding carboxylic acids is 2. The van der Waals surface area contributed by atoms with E-state index in [1.165, 1.54) is 5.56 Å². The van der Waals surface area contributed by atoms with Gasteiger partial charge in [-0.3, -0.25) is 9.59 Å². The Balaban J connectivity index is 1.62. The number of hydrogen-bond acceptors (Lipinski definition) is 2. The molecule has 0 aromatic heterocycles. The molecule has 5 heteroatoms. The minimum absolute atomic E-state index is 0.0403. The third-order valence-electron chi connectivity index (χ3n) is 4.21. The highest BCUT2D eigenvalue weighted by Gasteiger charge is 2.34. The summed E-state index contributed by atoms with van der Waals surface area (Å²) in [4.78, 5) is 26.5. The average molecular weight is 434 g/mol. The molecule has 2 amide bonds. The second-order valence-corrected chi connectivity index (χ2v) is 7.29. The normalized spacial score (nSPS) is 17.2. The highest BCUT2D eigenvalue weighted by molar-refractivity contribution is 14.1. The summed E-state index contributed by atoms with van der Waals surface area (Å²) >= 11 is 2.19. The van der Waals surface area contributed by atoms with Gasteiger partial charge in [0.25, 0.3) is 0 Å². The molecular weight excluding hydrogens is 415 g/mol. The van der Waals surface area contributed by atoms with Crippen molar-refractivity contribution in [3.8, 4) is 0 Å². The van der Waals surface area contributed by atoms with Crippen molar-refractivity contribution in [1.29, 1.82) is 0 Å². The number of nitrogens with zero attached hydrogens (tertiary/aromatic N) is 1. The highest BCUT2D eigenvalue weighted by Crippen LogP contribution is 2.23. The molecule has 1 saturated heterocycles. The van der Waals surface area contributed by atoms with Crippen molar-refractivity contribution in [1.82, 2.24) is 4.90 Å². The van der Waals surface area contributed by atoms with E-state index >= 15 is 0 Å². The van der Waals surface area contributed by atoms with Gasteiger partial charge in [0.05, 0.1) is 11.6 Å². The Morgan fingerprint density at radius 1 is 1.21 bits per heavy atom. The number of amides is 2. The first kappa shape index (κ1) is 17.0. The Morgan fingerprint density at radius 2 is 1.92 bits per heavy atom. The molecular formula is C19H19IN2O2. The van der Waals surface area contributed by atoms with Gasteiger partial charge in [0.15, 0.2) is 0 Å². The zero-order valence-electron chi connectivity index (χ0n) is 13.5. The summed E-state index contributed by atoms with van der Waals surface area (Å²) in [5.41, 5.74) is 3.08. The van der Waals surface area contributed by atoms with Crippen LogP contribution in [0.4, 0.5) is 5.69 Å². The molecule has 4 nitrogen and oxygen atoms in total. The van der Waals surface area contributed by atoms with E-state index in [0.717, 1.165) is 14.8 Å². The van der Waals surface area contributed by atoms with Crippen LogP contribution in [0.15, 0.2) is 48.5 Å². The maximum absolute atomic E-state index is 12.5. The predicted molar refractivity (Wildman–Crippen MR) is 102 cm³/mol. The fourth-order valence-corrected chi connectivity index (χ4v) is 3.33. The number of carbonyl (C=O) groups is 2. The number of halogens is 1. The van der Waals surface area contributed by atoms with E-state index in [4.69, 9.17) is 0 Å². The molecule has 0 bridgehead atoms. The van der Waals surface area contributed by atoms with Crippen LogP contribution in [0.2, 0.25) is 0 Å². The molecule has 0 spiro atoms. The standard InChI is InChI=1S/C19H19IN2O2/c1-13-6-8-14(9-7-13)11-22-12-15(10-18(22)23)19(24)21-17-5-3-2-4-16(17)20/h2-9,15H,10-12H2,1H3,(H,21,24). The molecule has 1 unspecified atom stereocenters. The second kappa shape index (κ2) is 7.34. The number of rotatable bonds is 4. The van der Waals surface area contributed by atoms with Gasteiger partial charge in [-0.1, -0.05) is 42.0 Å². The molecule has 1 N–H and O–H groups in total. The van der Waals surface area contributed by atoms with Crippen molar-refractivity contribution in [3.63, 3.8) is 0 Å². The van der Waals surface area contributed by atoms with Crippen molar-refractivity contribution in [3.05, 3.63) is 63.2 Å². The topological polar surface area (TPSA) is 49.4 Å². The van der Waals surface area contributed by atoms with E-state index in [0.29, 0.717) is 13.1 Å². The minimum Gasteiger partial charge on any atom is -0.338 e. The summed E-state index contributed by atoms with van der Waals surface area (Å²) in [5, 5.41) is 2.94. The van der Waals surface area contributed by atoms with E-state index in [9.17, 15) is 9.59 Å². The molecule has 24 heavy (non-hydrogen) atoms. The van der Waals surface area contributed by atoms with Crippen molar-refractivity contribution < 1.29 is 9.59 Å². The number of para-hydroxylation sites is 1. The molecule has 1 atom stereocenters. The number of aryl methyl sites for hydroxylation is 1. The molecule has 1 fully saturated rings. The molecule has 1 aliphatic rings. The van der Waals surface area contributed by atoms with Gasteiger partial charge in [0.1, 0.15) is 0 Å². The molecule has 1 aliphatic heterocycles. The molecule has 1 heterocycles. The number of nitrogens with one attached hydrogen (secondary N) is 1. The largest absolute Gasteiger partial charge is 0.338 e. The molecule has 2 aromatic rings. The summed E-state index contributed by atoms with van der Waals surface area (Å²) in [6, 6.07) is 15.8. The van der Waals surface area contributed by atoms with E-state index in [2.05, 4.69) is 27.9 Å². The highest BCUT2D eigenvalue weighted by atomic mass is 127. The van der Waals surface area contributed by atoms with E-state index in [1.54, 1.807) is 4.90 Å². The Kier molecular flexibility index (Phi) is 5.18. The van der Waals surface area contributed by atoms with Crippen LogP contribution in [0, 0.1) is 16.4 Å². The average Bonchev–Trinajstić information content (AvgIpc) is 2.93. The second-order valence-electron chi connectivity index (χ2n) is 6.13. The molecule has 124 valence electrons. The van der Waals surface area contributed by atoms with E-state index in [1.807, 2.05) is 55.5 Å². The lowest BCUT2D eigenvalue weighted by Gasteiger charge is -2.17. The maximum atomic E-state index is 12.5. The van der Waals surface area contributed by atoms with Gasteiger partial charge < -0.3 is 10.2 Å². The third kappa shape index (κ3) is 3.95. The Morgan fingerprint density at radius 3 is 2.62 bits per heavy atom. The predicted octanol–water partition coefficient (Wildman–Crippen LogP) is 3.59. The molecule has 3 rings (SSSR count). The van der Waals surface area contributed by atoms with Crippen LogP contribution in [-0.2, 0) is 16.1 Å². The van der Waals surface area contributed by atoms with Crippen molar-refractivity contribution >= 4 is 40.1 Å². The van der Waals surface area contributed by atoms with Crippen LogP contribution < -0.4 is 5.32 Å². The van der Waals surface area contributed by atoms with Crippen LogP contribution >= 0.6 is 22.6 Å². The van der Waals surface area contributed by atoms with Crippen LogP contribution in [-0.4, -0.2) is 23.3 Å². The summed E-state index contributed by atoms with van der Waals surface area (Å²) in [5.74, 6) is -0.337. The molecule has 0 radical (unpaired) electrons. The third-order valence-corrected chi connectivity index (χ3v) is 5.15. The Hall–Kier alpha value is -1.89. The van der Waals surface area contributed by atoms with Crippen LogP contribution in [0.5, 0.6) is 0 Å². The first-order valence-corrected chi connectivity index (χ1v) is 8.99. The molecule has 0 aliphatic carbocycles. The number of likely N-dealkylation sites (tertiary alicyclic amines) is 1. The molecule has 2 aromatic carbocycles. The fourth-order valence-electron chi connectivity index (χ4n) is 2.81. The number of benzene rings is 2. The lowest BCUT2D eigenvalue weighted by Crippen LogP contribution is -2.28. The Bertz CT molecular complexity index is 758. The zero-order valence-corrected chi connectivity index (χ0v) is 15.6. The van der Waals surface area contributed by atoms with Crippen LogP contribution in [0.25, 0.3) is 0 Å². The summed E-state index contributed by atoms with van der Waals surface area (Å²) in [7, 11) is 0. The first-order valence-electron chi connectivity index (χ1n) is 7.91. The smallest absolute Gasteiger partial charge is 0.229 e. The summed E-state index contributed by atoms with van der Waals surface area (Å²) < 4.78 is 0.990. The van der Waals surface area contributed by atoms with Crippen molar-refractivity contribution in [2.45, 2.75) is 19.9 Å². The van der Waals surface area contributed by atoms with Gasteiger partial charge in [0, 0.05) is 23.1 Å². The van der Waals surface area contributed by atoms with Gasteiger partial charge in [-0.2, -0.15) is 0 Å². The first-order chi connectivity index (χ1) is 11.5. The van der Waals surface area contributed by atoms with Crippen LogP contribution in [0.1, 0.15) is 17.5 Å². The van der Waals surface area contributed by atoms with Crippen molar-refractivity contribution in [2.24, 2.45) is 5.92 Å². The summed E-state index contributed by atoms with van der Waals surface area (Å²) in [6.07, 6.45) is 0.279. The zero-order chi connectivity index (χ0) is 17.1. The van der Waals surface area contributed by atoms with Crippen molar-refractivity contribution in [2.75, 3.05) is 11.9 Å². The number of anilines is 1. The van der Waals surface area contributed by atoms with Gasteiger partial charge in [-0.25, -0.2) is 0 Å². The van der Waals surface area contributed by atoms with Gasteiger partial charge in [0.2, 0.25) is 11.8 Å². The van der Waals surface area contributed by atoms with Gasteiger partial charge in [-0.05, 0) is 47.2 Å².